The van der Waals surface area contributed by atoms with Gasteiger partial charge in [-0.05, 0) is 52.3 Å². The molecule has 2 rings (SSSR count). The second kappa shape index (κ2) is 8.68. The van der Waals surface area contributed by atoms with Gasteiger partial charge in [-0.2, -0.15) is 0 Å². The highest BCUT2D eigenvalue weighted by Crippen LogP contribution is 2.28. The van der Waals surface area contributed by atoms with Gasteiger partial charge < -0.3 is 10.6 Å². The molecule has 1 heterocycles. The lowest BCUT2D eigenvalue weighted by atomic mass is 9.92. The summed E-state index contributed by atoms with van der Waals surface area (Å²) < 4.78 is 13.2. The number of hydrogen-bond donors (Lipinski definition) is 2. The summed E-state index contributed by atoms with van der Waals surface area (Å²) in [6.45, 7) is 10.6. The van der Waals surface area contributed by atoms with Crippen LogP contribution in [0.15, 0.2) is 24.3 Å². The van der Waals surface area contributed by atoms with Crippen molar-refractivity contribution >= 4 is 17.8 Å². The summed E-state index contributed by atoms with van der Waals surface area (Å²) in [5, 5.41) is 5.36. The number of carbonyl (C=O) groups is 3. The number of halogens is 1. The molecular formula is C20H29FN4O3. The summed E-state index contributed by atoms with van der Waals surface area (Å²) in [7, 11) is 0. The molecule has 28 heavy (non-hydrogen) atoms. The summed E-state index contributed by atoms with van der Waals surface area (Å²) >= 11 is 0. The Balaban J connectivity index is 1.96. The van der Waals surface area contributed by atoms with E-state index in [9.17, 15) is 18.8 Å². The average molecular weight is 392 g/mol. The maximum absolute atomic E-state index is 13.2. The predicted octanol–water partition coefficient (Wildman–Crippen LogP) is 1.83. The minimum absolute atomic E-state index is 0.347. The molecule has 1 aliphatic heterocycles. The fourth-order valence-corrected chi connectivity index (χ4v) is 3.46. The standard InChI is InChI=1S/C20H29FN4O3/c1-13(2)24(14(3)4)11-10-22-17(26)12-25-18(27)20(5,23-19(25)28)15-6-8-16(21)9-7-15/h6-9,13-14H,10-12H2,1-5H3,(H,22,26)(H,23,28). The summed E-state index contributed by atoms with van der Waals surface area (Å²) in [4.78, 5) is 40.4. The van der Waals surface area contributed by atoms with E-state index in [1.165, 1.54) is 24.3 Å². The molecule has 1 aromatic carbocycles. The number of nitrogens with zero attached hydrogens (tertiary/aromatic N) is 2. The fourth-order valence-electron chi connectivity index (χ4n) is 3.46. The van der Waals surface area contributed by atoms with Crippen molar-refractivity contribution in [3.63, 3.8) is 0 Å². The van der Waals surface area contributed by atoms with Crippen molar-refractivity contribution < 1.29 is 18.8 Å². The van der Waals surface area contributed by atoms with Crippen LogP contribution in [0, 0.1) is 5.82 Å². The van der Waals surface area contributed by atoms with Gasteiger partial charge in [0.2, 0.25) is 5.91 Å². The topological polar surface area (TPSA) is 81.8 Å². The van der Waals surface area contributed by atoms with Crippen molar-refractivity contribution in [2.75, 3.05) is 19.6 Å². The molecule has 7 nitrogen and oxygen atoms in total. The molecule has 0 spiro atoms. The molecule has 0 aliphatic carbocycles. The quantitative estimate of drug-likeness (QED) is 0.662. The van der Waals surface area contributed by atoms with Crippen LogP contribution in [0.4, 0.5) is 9.18 Å². The lowest BCUT2D eigenvalue weighted by Crippen LogP contribution is -2.46. The lowest BCUT2D eigenvalue weighted by molar-refractivity contribution is -0.134. The average Bonchev–Trinajstić information content (AvgIpc) is 2.82. The van der Waals surface area contributed by atoms with E-state index in [1.54, 1.807) is 6.92 Å². The number of carbonyl (C=O) groups excluding carboxylic acids is 3. The molecule has 1 saturated heterocycles. The molecule has 2 N–H and O–H groups in total. The van der Waals surface area contributed by atoms with E-state index in [0.29, 0.717) is 30.7 Å². The van der Waals surface area contributed by atoms with Gasteiger partial charge >= 0.3 is 6.03 Å². The van der Waals surface area contributed by atoms with Crippen LogP contribution >= 0.6 is 0 Å². The van der Waals surface area contributed by atoms with E-state index in [2.05, 4.69) is 43.2 Å². The summed E-state index contributed by atoms with van der Waals surface area (Å²) in [6, 6.07) is 5.40. The van der Waals surface area contributed by atoms with Gasteiger partial charge in [0, 0.05) is 25.2 Å². The van der Waals surface area contributed by atoms with Crippen LogP contribution in [0.3, 0.4) is 0 Å². The molecule has 1 fully saturated rings. The maximum atomic E-state index is 13.2. The van der Waals surface area contributed by atoms with Crippen molar-refractivity contribution in [1.82, 2.24) is 20.4 Å². The third-order valence-corrected chi connectivity index (χ3v) is 5.02. The van der Waals surface area contributed by atoms with Crippen LogP contribution in [0.5, 0.6) is 0 Å². The summed E-state index contributed by atoms with van der Waals surface area (Å²) in [5.41, 5.74) is -0.864. The first-order valence-corrected chi connectivity index (χ1v) is 9.49. The summed E-state index contributed by atoms with van der Waals surface area (Å²) in [6.07, 6.45) is 0. The number of hydrogen-bond acceptors (Lipinski definition) is 4. The molecule has 0 saturated carbocycles. The third kappa shape index (κ3) is 4.67. The number of nitrogens with one attached hydrogen (secondary N) is 2. The van der Waals surface area contributed by atoms with Crippen LogP contribution in [0.2, 0.25) is 0 Å². The number of rotatable bonds is 8. The van der Waals surface area contributed by atoms with Crippen LogP contribution in [0.25, 0.3) is 0 Å². The Kier molecular flexibility index (Phi) is 6.77. The lowest BCUT2D eigenvalue weighted by Gasteiger charge is -2.30. The zero-order chi connectivity index (χ0) is 21.1. The smallest absolute Gasteiger partial charge is 0.325 e. The van der Waals surface area contributed by atoms with Gasteiger partial charge in [0.1, 0.15) is 17.9 Å². The van der Waals surface area contributed by atoms with Crippen LogP contribution < -0.4 is 10.6 Å². The molecule has 0 bridgehead atoms. The fraction of sp³-hybridized carbons (Fsp3) is 0.550. The largest absolute Gasteiger partial charge is 0.353 e. The second-order valence-corrected chi connectivity index (χ2v) is 7.73. The van der Waals surface area contributed by atoms with Gasteiger partial charge in [0.05, 0.1) is 0 Å². The monoisotopic (exact) mass is 392 g/mol. The van der Waals surface area contributed by atoms with Crippen molar-refractivity contribution in [1.29, 1.82) is 0 Å². The molecule has 1 aromatic rings. The highest BCUT2D eigenvalue weighted by Gasteiger charge is 2.49. The van der Waals surface area contributed by atoms with Crippen molar-refractivity contribution in [2.24, 2.45) is 0 Å². The Labute approximate surface area is 165 Å². The minimum Gasteiger partial charge on any atom is -0.353 e. The van der Waals surface area contributed by atoms with Gasteiger partial charge in [-0.3, -0.25) is 19.4 Å². The molecule has 1 aliphatic rings. The Hall–Kier alpha value is -2.48. The molecule has 154 valence electrons. The normalized spacial score (nSPS) is 19.7. The molecule has 8 heteroatoms. The summed E-state index contributed by atoms with van der Waals surface area (Å²) in [5.74, 6) is -1.37. The Bertz CT molecular complexity index is 727. The number of imide groups is 1. The highest BCUT2D eigenvalue weighted by molar-refractivity contribution is 6.09. The zero-order valence-corrected chi connectivity index (χ0v) is 17.1. The highest BCUT2D eigenvalue weighted by atomic mass is 19.1. The Morgan fingerprint density at radius 3 is 2.29 bits per heavy atom. The van der Waals surface area contributed by atoms with E-state index in [-0.39, 0.29) is 6.54 Å². The van der Waals surface area contributed by atoms with Gasteiger partial charge in [-0.1, -0.05) is 12.1 Å². The van der Waals surface area contributed by atoms with Gasteiger partial charge in [-0.25, -0.2) is 9.18 Å². The molecule has 1 atom stereocenters. The number of amides is 4. The van der Waals surface area contributed by atoms with Crippen molar-refractivity contribution in [2.45, 2.75) is 52.2 Å². The van der Waals surface area contributed by atoms with Gasteiger partial charge in [0.25, 0.3) is 5.91 Å². The van der Waals surface area contributed by atoms with Crippen LogP contribution in [-0.4, -0.2) is 59.4 Å². The zero-order valence-electron chi connectivity index (χ0n) is 17.1. The Morgan fingerprint density at radius 1 is 1.18 bits per heavy atom. The van der Waals surface area contributed by atoms with E-state index in [4.69, 9.17) is 0 Å². The first-order chi connectivity index (χ1) is 13.1. The van der Waals surface area contributed by atoms with Crippen molar-refractivity contribution in [3.8, 4) is 0 Å². The molecule has 1 unspecified atom stereocenters. The predicted molar refractivity (Wildman–Crippen MR) is 104 cm³/mol. The molecule has 0 aromatic heterocycles. The van der Waals surface area contributed by atoms with Gasteiger partial charge in [0.15, 0.2) is 0 Å². The van der Waals surface area contributed by atoms with Crippen LogP contribution in [-0.2, 0) is 15.1 Å². The molecule has 4 amide bonds. The minimum atomic E-state index is -1.32. The van der Waals surface area contributed by atoms with E-state index < -0.39 is 29.2 Å². The maximum Gasteiger partial charge on any atom is 0.325 e. The second-order valence-electron chi connectivity index (χ2n) is 7.73. The van der Waals surface area contributed by atoms with E-state index in [0.717, 1.165) is 4.90 Å². The van der Waals surface area contributed by atoms with Crippen LogP contribution in [0.1, 0.15) is 40.2 Å². The van der Waals surface area contributed by atoms with E-state index in [1.807, 2.05) is 0 Å². The molecule has 0 radical (unpaired) electrons. The SMILES string of the molecule is CC(C)N(CCNC(=O)CN1C(=O)NC(C)(c2ccc(F)cc2)C1=O)C(C)C. The van der Waals surface area contributed by atoms with E-state index >= 15 is 0 Å². The Morgan fingerprint density at radius 2 is 1.75 bits per heavy atom. The first kappa shape index (κ1) is 21.8. The van der Waals surface area contributed by atoms with Crippen molar-refractivity contribution in [3.05, 3.63) is 35.6 Å². The molecular weight excluding hydrogens is 363 g/mol. The van der Waals surface area contributed by atoms with Gasteiger partial charge in [-0.15, -0.1) is 0 Å². The number of urea groups is 1. The number of benzene rings is 1. The first-order valence-electron chi connectivity index (χ1n) is 9.49. The third-order valence-electron chi connectivity index (χ3n) is 5.02.